The number of benzene rings is 3. The Morgan fingerprint density at radius 1 is 0.971 bits per heavy atom. The van der Waals surface area contributed by atoms with Gasteiger partial charge in [0.25, 0.3) is 0 Å². The summed E-state index contributed by atoms with van der Waals surface area (Å²) >= 11 is 0. The van der Waals surface area contributed by atoms with Gasteiger partial charge >= 0.3 is 51.4 Å². The van der Waals surface area contributed by atoms with Gasteiger partial charge in [-0.2, -0.15) is 6.92 Å². The van der Waals surface area contributed by atoms with E-state index in [0.717, 1.165) is 23.4 Å². The molecule has 0 aliphatic carbocycles. The van der Waals surface area contributed by atoms with Crippen molar-refractivity contribution < 1.29 is 51.4 Å². The Balaban J connectivity index is 0.00000199. The number of nitrogens with zero attached hydrogens (tertiary/aromatic N) is 1. The van der Waals surface area contributed by atoms with Gasteiger partial charge in [-0.05, 0) is 65.6 Å². The Labute approximate surface area is 256 Å². The van der Waals surface area contributed by atoms with E-state index in [1.807, 2.05) is 7.05 Å². The number of aryl methyl sites for hydroxylation is 2. The van der Waals surface area contributed by atoms with E-state index in [1.165, 1.54) is 38.6 Å². The fourth-order valence-electron chi connectivity index (χ4n) is 4.32. The summed E-state index contributed by atoms with van der Waals surface area (Å²) in [6, 6.07) is 17.5. The molecular formula is C32H40KN2-. The maximum Gasteiger partial charge on any atom is 1.00 e. The first kappa shape index (κ1) is 31.5. The third-order valence-corrected chi connectivity index (χ3v) is 6.57. The molecule has 0 spiro atoms. The smallest absolute Gasteiger partial charge is 0.484 e. The average Bonchev–Trinajstić information content (AvgIpc) is 2.84. The first-order valence-corrected chi connectivity index (χ1v) is 11.9. The molecule has 3 heteroatoms. The second-order valence-electron chi connectivity index (χ2n) is 9.25. The van der Waals surface area contributed by atoms with Gasteiger partial charge in [-0.15, -0.1) is 6.54 Å². The van der Waals surface area contributed by atoms with Crippen LogP contribution in [0.2, 0.25) is 0 Å². The Hall–Kier alpha value is -1.49. The fraction of sp³-hybridized carbons (Fsp3) is 0.312. The Morgan fingerprint density at radius 2 is 1.49 bits per heavy atom. The van der Waals surface area contributed by atoms with Crippen LogP contribution in [0.25, 0.3) is 16.5 Å². The predicted molar refractivity (Wildman–Crippen MR) is 152 cm³/mol. The summed E-state index contributed by atoms with van der Waals surface area (Å²) in [6.07, 6.45) is 3.73. The van der Waals surface area contributed by atoms with Crippen molar-refractivity contribution in [1.29, 1.82) is 0 Å². The number of hydrogen-bond acceptors (Lipinski definition) is 2. The molecule has 0 radical (unpaired) electrons. The molecule has 35 heavy (non-hydrogen) atoms. The first-order valence-electron chi connectivity index (χ1n) is 11.9. The molecule has 1 N–H and O–H groups in total. The number of aliphatic imine (C=N–C) groups is 1. The van der Waals surface area contributed by atoms with Crippen molar-refractivity contribution in [2.24, 2.45) is 4.99 Å². The summed E-state index contributed by atoms with van der Waals surface area (Å²) < 4.78 is 0. The van der Waals surface area contributed by atoms with Crippen molar-refractivity contribution in [2.75, 3.05) is 13.6 Å². The molecule has 0 heterocycles. The normalized spacial score (nSPS) is 11.3. The van der Waals surface area contributed by atoms with Gasteiger partial charge in [0.15, 0.2) is 0 Å². The third kappa shape index (κ3) is 7.50. The van der Waals surface area contributed by atoms with Crippen molar-refractivity contribution in [2.45, 2.75) is 53.4 Å². The second kappa shape index (κ2) is 14.3. The minimum Gasteiger partial charge on any atom is -0.484 e. The summed E-state index contributed by atoms with van der Waals surface area (Å²) in [5.41, 5.74) is 9.67. The quantitative estimate of drug-likeness (QED) is 0.269. The van der Waals surface area contributed by atoms with Gasteiger partial charge in [0, 0.05) is 29.6 Å². The summed E-state index contributed by atoms with van der Waals surface area (Å²) in [7, 11) is 1.90. The molecule has 0 aromatic heterocycles. The first-order chi connectivity index (χ1) is 16.2. The molecule has 3 rings (SSSR count). The molecule has 0 saturated heterocycles. The zero-order valence-corrected chi connectivity index (χ0v) is 26.2. The van der Waals surface area contributed by atoms with E-state index in [0.29, 0.717) is 6.54 Å². The molecule has 3 aromatic rings. The van der Waals surface area contributed by atoms with E-state index in [9.17, 15) is 0 Å². The summed E-state index contributed by atoms with van der Waals surface area (Å²) in [5.74, 6) is 0. The Bertz CT molecular complexity index is 1180. The molecular weight excluding hydrogens is 451 g/mol. The summed E-state index contributed by atoms with van der Waals surface area (Å²) in [5, 5.41) is 5.65. The molecule has 0 saturated carbocycles. The number of fused-ring (bicyclic) bond motifs is 1. The molecule has 0 amide bonds. The predicted octanol–water partition coefficient (Wildman–Crippen LogP) is 4.95. The van der Waals surface area contributed by atoms with E-state index < -0.39 is 0 Å². The van der Waals surface area contributed by atoms with Crippen LogP contribution in [0, 0.1) is 33.8 Å². The van der Waals surface area contributed by atoms with Crippen LogP contribution in [0.4, 0.5) is 0 Å². The van der Waals surface area contributed by atoms with Gasteiger partial charge in [-0.3, -0.25) is 11.6 Å². The maximum absolute atomic E-state index is 4.77. The van der Waals surface area contributed by atoms with Gasteiger partial charge in [0.1, 0.15) is 0 Å². The molecule has 0 atom stereocenters. The average molecular weight is 492 g/mol. The van der Waals surface area contributed by atoms with E-state index in [1.54, 1.807) is 6.92 Å². The Kier molecular flexibility index (Phi) is 12.9. The summed E-state index contributed by atoms with van der Waals surface area (Å²) in [6.45, 7) is 24.7. The van der Waals surface area contributed by atoms with Gasteiger partial charge in [0.2, 0.25) is 0 Å². The summed E-state index contributed by atoms with van der Waals surface area (Å²) in [4.78, 5) is 4.77. The maximum atomic E-state index is 4.77. The zero-order chi connectivity index (χ0) is 25.5. The van der Waals surface area contributed by atoms with Crippen LogP contribution < -0.4 is 56.7 Å². The monoisotopic (exact) mass is 491 g/mol. The molecule has 3 aromatic carbocycles. The van der Waals surface area contributed by atoms with Crippen LogP contribution in [0.15, 0.2) is 66.7 Å². The molecule has 0 aliphatic rings. The number of rotatable bonds is 8. The van der Waals surface area contributed by atoms with Gasteiger partial charge in [-0.25, -0.2) is 0 Å². The molecule has 0 aliphatic heterocycles. The largest absolute Gasteiger partial charge is 1.00 e. The van der Waals surface area contributed by atoms with Gasteiger partial charge in [-0.1, -0.05) is 69.0 Å². The molecule has 0 fully saturated rings. The van der Waals surface area contributed by atoms with Crippen LogP contribution >= 0.6 is 0 Å². The third-order valence-electron chi connectivity index (χ3n) is 6.57. The van der Waals surface area contributed by atoms with Crippen LogP contribution in [0.5, 0.6) is 0 Å². The van der Waals surface area contributed by atoms with Crippen LogP contribution in [-0.4, -0.2) is 19.3 Å². The fourth-order valence-corrected chi connectivity index (χ4v) is 4.32. The van der Waals surface area contributed by atoms with E-state index >= 15 is 0 Å². The van der Waals surface area contributed by atoms with Crippen molar-refractivity contribution in [3.8, 4) is 0 Å². The van der Waals surface area contributed by atoms with Gasteiger partial charge in [0.05, 0.1) is 0 Å². The number of hydrogen-bond donors (Lipinski definition) is 1. The molecule has 0 bridgehead atoms. The van der Waals surface area contributed by atoms with E-state index in [2.05, 4.69) is 115 Å². The van der Waals surface area contributed by atoms with Crippen molar-refractivity contribution in [1.82, 2.24) is 5.32 Å². The van der Waals surface area contributed by atoms with Gasteiger partial charge < -0.3 is 18.3 Å². The molecule has 180 valence electrons. The number of nitrogens with one attached hydrogen (secondary N) is 1. The van der Waals surface area contributed by atoms with E-state index in [-0.39, 0.29) is 56.8 Å². The Morgan fingerprint density at radius 3 is 2.00 bits per heavy atom. The van der Waals surface area contributed by atoms with Crippen LogP contribution in [0.3, 0.4) is 0 Å². The second-order valence-corrected chi connectivity index (χ2v) is 9.25. The van der Waals surface area contributed by atoms with Crippen molar-refractivity contribution in [3.63, 3.8) is 0 Å². The van der Waals surface area contributed by atoms with Crippen molar-refractivity contribution >= 4 is 22.2 Å². The molecule has 2 nitrogen and oxygen atoms in total. The minimum atomic E-state index is -0.0389. The SMILES string of the molecule is C=[C-]CNC(=C)c1ccc(C(CC(C)(C)c2cc(C)c(C)c(C)c2)=NC)c2ccccc12.[CH2-]C.[K+]. The topological polar surface area (TPSA) is 24.4 Å². The minimum absolute atomic E-state index is 0. The van der Waals surface area contributed by atoms with Crippen molar-refractivity contribution in [3.05, 3.63) is 108 Å². The standard InChI is InChI=1S/C30H35N2.C2H5.K/c1-9-16-32-23(5)25-14-15-28(27-13-11-10-12-26(25)27)29(31-8)19-30(6,7)24-17-20(2)22(4)21(3)18-24;1-2;/h10-15,17-18,32H,1,5,16,19H2,2-4,6-8H3;1H2,2H3;/q2*-1;+1. The van der Waals surface area contributed by atoms with Crippen LogP contribution in [-0.2, 0) is 5.41 Å². The van der Waals surface area contributed by atoms with Crippen LogP contribution in [0.1, 0.15) is 60.6 Å². The molecule has 0 unspecified atom stereocenters. The zero-order valence-electron chi connectivity index (χ0n) is 23.1. The van der Waals surface area contributed by atoms with E-state index in [4.69, 9.17) is 4.99 Å².